The molecule has 0 saturated heterocycles. The van der Waals surface area contributed by atoms with Crippen molar-refractivity contribution in [3.8, 4) is 0 Å². The Balaban J connectivity index is 1.55. The summed E-state index contributed by atoms with van der Waals surface area (Å²) in [5, 5.41) is 6.38. The Hall–Kier alpha value is -0.830. The molecule has 1 amide bonds. The van der Waals surface area contributed by atoms with Crippen LogP contribution in [0.4, 0.5) is 0 Å². The molecule has 0 aromatic carbocycles. The molecule has 0 aromatic rings. The van der Waals surface area contributed by atoms with Crippen LogP contribution in [0.2, 0.25) is 0 Å². The van der Waals surface area contributed by atoms with Gasteiger partial charge in [-0.25, -0.2) is 0 Å². The molecule has 2 N–H and O–H groups in total. The van der Waals surface area contributed by atoms with E-state index in [4.69, 9.17) is 0 Å². The van der Waals surface area contributed by atoms with Gasteiger partial charge in [-0.05, 0) is 31.1 Å². The lowest BCUT2D eigenvalue weighted by atomic mass is 9.71. The molecular formula is C13H22N2O. The van der Waals surface area contributed by atoms with Gasteiger partial charge in [0.05, 0.1) is 0 Å². The monoisotopic (exact) mass is 222 g/mol. The fraction of sp³-hybridized carbons (Fsp3) is 0.769. The molecule has 3 heteroatoms. The number of allylic oxidation sites excluding steroid dienone is 1. The second kappa shape index (κ2) is 5.48. The molecule has 3 unspecified atom stereocenters. The number of nitrogens with one attached hydrogen (secondary N) is 2. The smallest absolute Gasteiger partial charge is 0.221 e. The van der Waals surface area contributed by atoms with Crippen molar-refractivity contribution < 1.29 is 4.79 Å². The minimum absolute atomic E-state index is 0.173. The standard InChI is InChI=1S/C13H22N2O/c1-2-7-15-13(16)6-8-14-12-9-10-4-3-5-11(10)12/h3,5,10-12,14H,2,4,6-9H2,1H3,(H,15,16). The second-order valence-electron chi connectivity index (χ2n) is 4.90. The maximum atomic E-state index is 11.4. The Labute approximate surface area is 97.7 Å². The highest BCUT2D eigenvalue weighted by Gasteiger charge is 2.40. The first-order valence-corrected chi connectivity index (χ1v) is 6.48. The van der Waals surface area contributed by atoms with Crippen molar-refractivity contribution in [1.29, 1.82) is 0 Å². The third-order valence-electron chi connectivity index (χ3n) is 3.69. The van der Waals surface area contributed by atoms with E-state index < -0.39 is 0 Å². The lowest BCUT2D eigenvalue weighted by molar-refractivity contribution is -0.121. The zero-order chi connectivity index (χ0) is 11.4. The Morgan fingerprint density at radius 2 is 2.31 bits per heavy atom. The quantitative estimate of drug-likeness (QED) is 0.668. The molecular weight excluding hydrogens is 200 g/mol. The van der Waals surface area contributed by atoms with Crippen molar-refractivity contribution in [2.75, 3.05) is 13.1 Å². The Kier molecular flexibility index (Phi) is 3.99. The predicted octanol–water partition coefficient (Wildman–Crippen LogP) is 1.46. The van der Waals surface area contributed by atoms with Crippen LogP contribution in [-0.4, -0.2) is 25.0 Å². The van der Waals surface area contributed by atoms with Crippen LogP contribution in [-0.2, 0) is 4.79 Å². The van der Waals surface area contributed by atoms with Crippen molar-refractivity contribution in [2.45, 2.75) is 38.6 Å². The minimum atomic E-state index is 0.173. The summed E-state index contributed by atoms with van der Waals surface area (Å²) < 4.78 is 0. The number of carbonyl (C=O) groups is 1. The molecule has 0 aromatic heterocycles. The normalized spacial score (nSPS) is 30.9. The van der Waals surface area contributed by atoms with Crippen molar-refractivity contribution >= 4 is 5.91 Å². The molecule has 2 rings (SSSR count). The van der Waals surface area contributed by atoms with Crippen LogP contribution in [0.3, 0.4) is 0 Å². The Morgan fingerprint density at radius 1 is 1.44 bits per heavy atom. The first kappa shape index (κ1) is 11.6. The van der Waals surface area contributed by atoms with Crippen molar-refractivity contribution in [1.82, 2.24) is 10.6 Å². The molecule has 3 atom stereocenters. The fourth-order valence-electron chi connectivity index (χ4n) is 2.67. The van der Waals surface area contributed by atoms with E-state index in [1.165, 1.54) is 12.8 Å². The van der Waals surface area contributed by atoms with E-state index in [0.717, 1.165) is 31.3 Å². The molecule has 2 aliphatic rings. The molecule has 0 bridgehead atoms. The van der Waals surface area contributed by atoms with Crippen LogP contribution >= 0.6 is 0 Å². The van der Waals surface area contributed by atoms with Crippen LogP contribution in [0.15, 0.2) is 12.2 Å². The number of rotatable bonds is 6. The van der Waals surface area contributed by atoms with E-state index >= 15 is 0 Å². The molecule has 90 valence electrons. The molecule has 0 spiro atoms. The van der Waals surface area contributed by atoms with Gasteiger partial charge in [0.15, 0.2) is 0 Å². The summed E-state index contributed by atoms with van der Waals surface area (Å²) in [4.78, 5) is 11.4. The van der Waals surface area contributed by atoms with Gasteiger partial charge in [-0.2, -0.15) is 0 Å². The van der Waals surface area contributed by atoms with Crippen molar-refractivity contribution in [3.05, 3.63) is 12.2 Å². The zero-order valence-corrected chi connectivity index (χ0v) is 10.0. The van der Waals surface area contributed by atoms with E-state index in [0.29, 0.717) is 12.5 Å². The predicted molar refractivity (Wildman–Crippen MR) is 65.1 cm³/mol. The van der Waals surface area contributed by atoms with Gasteiger partial charge >= 0.3 is 0 Å². The highest BCUT2D eigenvalue weighted by molar-refractivity contribution is 5.75. The number of carbonyl (C=O) groups excluding carboxylic acids is 1. The molecule has 16 heavy (non-hydrogen) atoms. The van der Waals surface area contributed by atoms with Gasteiger partial charge in [-0.15, -0.1) is 0 Å². The first-order valence-electron chi connectivity index (χ1n) is 6.48. The van der Waals surface area contributed by atoms with Crippen LogP contribution in [0.25, 0.3) is 0 Å². The lowest BCUT2D eigenvalue weighted by Gasteiger charge is -2.40. The molecule has 2 aliphatic carbocycles. The summed E-state index contributed by atoms with van der Waals surface area (Å²) in [6.07, 6.45) is 8.80. The largest absolute Gasteiger partial charge is 0.356 e. The number of hydrogen-bond donors (Lipinski definition) is 2. The van der Waals surface area contributed by atoms with E-state index in [-0.39, 0.29) is 5.91 Å². The summed E-state index contributed by atoms with van der Waals surface area (Å²) >= 11 is 0. The average Bonchev–Trinajstić information content (AvgIpc) is 2.63. The van der Waals surface area contributed by atoms with E-state index in [1.54, 1.807) is 0 Å². The van der Waals surface area contributed by atoms with E-state index in [9.17, 15) is 4.79 Å². The molecule has 0 radical (unpaired) electrons. The summed E-state index contributed by atoms with van der Waals surface area (Å²) in [6, 6.07) is 0.628. The van der Waals surface area contributed by atoms with Gasteiger partial charge in [0.25, 0.3) is 0 Å². The zero-order valence-electron chi connectivity index (χ0n) is 10.0. The fourth-order valence-corrected chi connectivity index (χ4v) is 2.67. The summed E-state index contributed by atoms with van der Waals surface area (Å²) in [5.41, 5.74) is 0. The highest BCUT2D eigenvalue weighted by atomic mass is 16.1. The lowest BCUT2D eigenvalue weighted by Crippen LogP contribution is -2.48. The van der Waals surface area contributed by atoms with Gasteiger partial charge in [0.1, 0.15) is 0 Å². The third kappa shape index (κ3) is 2.64. The van der Waals surface area contributed by atoms with Crippen LogP contribution < -0.4 is 10.6 Å². The summed E-state index contributed by atoms with van der Waals surface area (Å²) in [7, 11) is 0. The molecule has 1 fully saturated rings. The average molecular weight is 222 g/mol. The topological polar surface area (TPSA) is 41.1 Å². The van der Waals surface area contributed by atoms with Crippen LogP contribution in [0.1, 0.15) is 32.6 Å². The number of amides is 1. The van der Waals surface area contributed by atoms with Gasteiger partial charge in [-0.3, -0.25) is 4.79 Å². The molecule has 3 nitrogen and oxygen atoms in total. The maximum absolute atomic E-state index is 11.4. The van der Waals surface area contributed by atoms with Gasteiger partial charge in [0, 0.05) is 25.6 Å². The summed E-state index contributed by atoms with van der Waals surface area (Å²) in [5.74, 6) is 1.82. The Morgan fingerprint density at radius 3 is 3.06 bits per heavy atom. The van der Waals surface area contributed by atoms with Crippen molar-refractivity contribution in [3.63, 3.8) is 0 Å². The van der Waals surface area contributed by atoms with Crippen LogP contribution in [0, 0.1) is 11.8 Å². The minimum Gasteiger partial charge on any atom is -0.356 e. The molecule has 0 heterocycles. The maximum Gasteiger partial charge on any atom is 0.221 e. The third-order valence-corrected chi connectivity index (χ3v) is 3.69. The number of fused-ring (bicyclic) bond motifs is 1. The van der Waals surface area contributed by atoms with Gasteiger partial charge in [0.2, 0.25) is 5.91 Å². The molecule has 1 saturated carbocycles. The van der Waals surface area contributed by atoms with Gasteiger partial charge in [-0.1, -0.05) is 19.1 Å². The first-order chi connectivity index (χ1) is 7.81. The second-order valence-corrected chi connectivity index (χ2v) is 4.90. The summed E-state index contributed by atoms with van der Waals surface area (Å²) in [6.45, 7) is 3.69. The van der Waals surface area contributed by atoms with E-state index in [1.807, 2.05) is 0 Å². The molecule has 0 aliphatic heterocycles. The number of hydrogen-bond acceptors (Lipinski definition) is 2. The van der Waals surface area contributed by atoms with Crippen LogP contribution in [0.5, 0.6) is 0 Å². The highest BCUT2D eigenvalue weighted by Crippen LogP contribution is 2.42. The Bertz CT molecular complexity index is 275. The SMILES string of the molecule is CCCNC(=O)CCNC1CC2CC=CC21. The van der Waals surface area contributed by atoms with Gasteiger partial charge < -0.3 is 10.6 Å². The van der Waals surface area contributed by atoms with Crippen molar-refractivity contribution in [2.24, 2.45) is 11.8 Å². The van der Waals surface area contributed by atoms with E-state index in [2.05, 4.69) is 29.7 Å².